The number of rotatable bonds is 12. The second-order valence-corrected chi connectivity index (χ2v) is 8.59. The Kier molecular flexibility index (Phi) is 11.3. The van der Waals surface area contributed by atoms with Crippen molar-refractivity contribution in [3.8, 4) is 0 Å². The Hall–Kier alpha value is -2.54. The van der Waals surface area contributed by atoms with Crippen LogP contribution in [-0.4, -0.2) is 4.57 Å². The first-order valence-electron chi connectivity index (χ1n) is 12.0. The molecule has 1 unspecified atom stereocenters. The van der Waals surface area contributed by atoms with Crippen LogP contribution in [0.5, 0.6) is 0 Å². The van der Waals surface area contributed by atoms with Crippen LogP contribution in [0.2, 0.25) is 0 Å². The zero-order chi connectivity index (χ0) is 24.3. The molecule has 1 aromatic heterocycles. The van der Waals surface area contributed by atoms with Crippen LogP contribution in [0.15, 0.2) is 84.0 Å². The molecule has 0 aromatic carbocycles. The molecule has 1 atom stereocenters. The molecule has 1 nitrogen and oxygen atoms in total. The molecule has 0 aliphatic carbocycles. The Morgan fingerprint density at radius 1 is 1.09 bits per heavy atom. The smallest absolute Gasteiger partial charge is 0.0409 e. The zero-order valence-electron chi connectivity index (χ0n) is 21.9. The van der Waals surface area contributed by atoms with Crippen LogP contribution in [0.3, 0.4) is 0 Å². The second-order valence-electron chi connectivity index (χ2n) is 8.59. The normalized spacial score (nSPS) is 15.6. The Labute approximate surface area is 198 Å². The molecule has 0 aliphatic rings. The van der Waals surface area contributed by atoms with E-state index in [0.717, 1.165) is 25.7 Å². The third-order valence-electron chi connectivity index (χ3n) is 7.05. The van der Waals surface area contributed by atoms with E-state index in [1.807, 2.05) is 19.1 Å². The summed E-state index contributed by atoms with van der Waals surface area (Å²) in [5, 5.41) is 0. The summed E-state index contributed by atoms with van der Waals surface area (Å²) in [6, 6.07) is 2.38. The number of hydrogen-bond donors (Lipinski definition) is 0. The fourth-order valence-electron chi connectivity index (χ4n) is 4.64. The minimum Gasteiger partial charge on any atom is -0.348 e. The summed E-state index contributed by atoms with van der Waals surface area (Å²) in [6.45, 7) is 24.0. The van der Waals surface area contributed by atoms with E-state index >= 15 is 0 Å². The molecule has 174 valence electrons. The van der Waals surface area contributed by atoms with Gasteiger partial charge in [0.15, 0.2) is 0 Å². The summed E-state index contributed by atoms with van der Waals surface area (Å²) in [7, 11) is 2.17. The van der Waals surface area contributed by atoms with Crippen molar-refractivity contribution >= 4 is 6.08 Å². The van der Waals surface area contributed by atoms with Crippen LogP contribution in [0.4, 0.5) is 0 Å². The van der Waals surface area contributed by atoms with Crippen LogP contribution in [0.25, 0.3) is 6.08 Å². The van der Waals surface area contributed by atoms with Gasteiger partial charge in [-0.05, 0) is 78.0 Å². The topological polar surface area (TPSA) is 4.93 Å². The maximum Gasteiger partial charge on any atom is 0.0409 e. The summed E-state index contributed by atoms with van der Waals surface area (Å²) in [5.41, 5.74) is 9.36. The van der Waals surface area contributed by atoms with E-state index in [9.17, 15) is 0 Å². The van der Waals surface area contributed by atoms with Gasteiger partial charge in [0.05, 0.1) is 0 Å². The minimum atomic E-state index is -0.138. The highest BCUT2D eigenvalue weighted by atomic mass is 15.0. The predicted molar refractivity (Wildman–Crippen MR) is 146 cm³/mol. The minimum absolute atomic E-state index is 0.138. The molecule has 1 heterocycles. The van der Waals surface area contributed by atoms with Gasteiger partial charge >= 0.3 is 0 Å². The fourth-order valence-corrected chi connectivity index (χ4v) is 4.64. The summed E-state index contributed by atoms with van der Waals surface area (Å²) in [6.07, 6.45) is 20.7. The standard InChI is InChI=1S/C31H45N/c1-11-16-18-20-29-23-30(27(9)32(29)10)31(15-5,25(7)13-3)26(8)24(6)21-22-28(14-4)19-17-12-2/h11-12,14,16-20,23H,2,7,13,15,21-22H2,1,3-6,8-10H3/b16-11-,19-17-,20-18-,26-24+,28-14+. The molecule has 0 saturated heterocycles. The summed E-state index contributed by atoms with van der Waals surface area (Å²) >= 11 is 0. The lowest BCUT2D eigenvalue weighted by Gasteiger charge is -2.38. The first kappa shape index (κ1) is 27.5. The number of allylic oxidation sites excluding steroid dienone is 11. The van der Waals surface area contributed by atoms with Gasteiger partial charge in [0, 0.05) is 23.9 Å². The predicted octanol–water partition coefficient (Wildman–Crippen LogP) is 9.34. The molecule has 0 N–H and O–H groups in total. The lowest BCUT2D eigenvalue weighted by Crippen LogP contribution is -2.30. The van der Waals surface area contributed by atoms with E-state index in [-0.39, 0.29) is 5.41 Å². The third-order valence-corrected chi connectivity index (χ3v) is 7.05. The summed E-state index contributed by atoms with van der Waals surface area (Å²) < 4.78 is 2.31. The van der Waals surface area contributed by atoms with Gasteiger partial charge in [-0.3, -0.25) is 0 Å². The lowest BCUT2D eigenvalue weighted by molar-refractivity contribution is 0.539. The van der Waals surface area contributed by atoms with Crippen LogP contribution in [0, 0.1) is 6.92 Å². The summed E-state index contributed by atoms with van der Waals surface area (Å²) in [4.78, 5) is 0. The fraction of sp³-hybridized carbons (Fsp3) is 0.419. The number of aromatic nitrogens is 1. The SMILES string of the molecule is C=C/C=C\C(=C/C)CC/C(C)=C(\C)C(CC)(C(=C)CC)c1cc(/C=C\C=C/C)n(C)c1C. The molecule has 0 amide bonds. The van der Waals surface area contributed by atoms with E-state index in [4.69, 9.17) is 0 Å². The van der Waals surface area contributed by atoms with Crippen molar-refractivity contribution in [2.24, 2.45) is 7.05 Å². The molecule has 0 radical (unpaired) electrons. The maximum atomic E-state index is 4.60. The summed E-state index contributed by atoms with van der Waals surface area (Å²) in [5.74, 6) is 0. The molecular formula is C31H45N. The van der Waals surface area contributed by atoms with Gasteiger partial charge in [0.25, 0.3) is 0 Å². The van der Waals surface area contributed by atoms with E-state index in [0.29, 0.717) is 0 Å². The average Bonchev–Trinajstić information content (AvgIpc) is 3.08. The largest absolute Gasteiger partial charge is 0.348 e. The van der Waals surface area contributed by atoms with Crippen molar-refractivity contribution < 1.29 is 0 Å². The van der Waals surface area contributed by atoms with Crippen molar-refractivity contribution in [1.29, 1.82) is 0 Å². The second kappa shape index (κ2) is 13.1. The van der Waals surface area contributed by atoms with Crippen molar-refractivity contribution in [3.63, 3.8) is 0 Å². The molecule has 0 saturated carbocycles. The van der Waals surface area contributed by atoms with E-state index in [1.165, 1.54) is 39.2 Å². The molecule has 0 aliphatic heterocycles. The lowest BCUT2D eigenvalue weighted by atomic mass is 9.65. The van der Waals surface area contributed by atoms with Gasteiger partial charge in [-0.2, -0.15) is 0 Å². The van der Waals surface area contributed by atoms with E-state index in [2.05, 4.69) is 109 Å². The van der Waals surface area contributed by atoms with Crippen LogP contribution < -0.4 is 0 Å². The first-order valence-corrected chi connectivity index (χ1v) is 12.0. The van der Waals surface area contributed by atoms with E-state index in [1.54, 1.807) is 0 Å². The molecule has 32 heavy (non-hydrogen) atoms. The van der Waals surface area contributed by atoms with Crippen LogP contribution in [-0.2, 0) is 12.5 Å². The van der Waals surface area contributed by atoms with Gasteiger partial charge in [-0.1, -0.05) is 91.8 Å². The van der Waals surface area contributed by atoms with Gasteiger partial charge in [0.1, 0.15) is 0 Å². The van der Waals surface area contributed by atoms with Crippen molar-refractivity contribution in [2.75, 3.05) is 0 Å². The quantitative estimate of drug-likeness (QED) is 0.229. The molecule has 1 heteroatoms. The van der Waals surface area contributed by atoms with Gasteiger partial charge in [-0.15, -0.1) is 0 Å². The third kappa shape index (κ3) is 6.03. The van der Waals surface area contributed by atoms with Gasteiger partial charge in [-0.25, -0.2) is 0 Å². The van der Waals surface area contributed by atoms with Gasteiger partial charge in [0.2, 0.25) is 0 Å². The van der Waals surface area contributed by atoms with Gasteiger partial charge < -0.3 is 4.57 Å². The molecule has 0 fully saturated rings. The first-order chi connectivity index (χ1) is 15.2. The van der Waals surface area contributed by atoms with Crippen molar-refractivity contribution in [2.45, 2.75) is 79.6 Å². The highest BCUT2D eigenvalue weighted by molar-refractivity contribution is 5.57. The van der Waals surface area contributed by atoms with Crippen molar-refractivity contribution in [1.82, 2.24) is 4.57 Å². The molecular weight excluding hydrogens is 386 g/mol. The highest BCUT2D eigenvalue weighted by Crippen LogP contribution is 2.46. The molecule has 1 aromatic rings. The maximum absolute atomic E-state index is 4.60. The monoisotopic (exact) mass is 431 g/mol. The van der Waals surface area contributed by atoms with E-state index < -0.39 is 0 Å². The Bertz CT molecular complexity index is 939. The Balaban J connectivity index is 3.58. The molecule has 0 bridgehead atoms. The Morgan fingerprint density at radius 3 is 2.31 bits per heavy atom. The average molecular weight is 432 g/mol. The number of hydrogen-bond acceptors (Lipinski definition) is 0. The molecule has 0 spiro atoms. The van der Waals surface area contributed by atoms with Crippen molar-refractivity contribution in [3.05, 3.63) is 101 Å². The zero-order valence-corrected chi connectivity index (χ0v) is 21.9. The van der Waals surface area contributed by atoms with Crippen LogP contribution in [0.1, 0.15) is 84.2 Å². The Morgan fingerprint density at radius 2 is 1.78 bits per heavy atom. The molecule has 1 rings (SSSR count). The highest BCUT2D eigenvalue weighted by Gasteiger charge is 2.38. The van der Waals surface area contributed by atoms with Crippen LogP contribution >= 0.6 is 0 Å². The number of nitrogens with zero attached hydrogens (tertiary/aromatic N) is 1.